The second-order valence-electron chi connectivity index (χ2n) is 3.97. The number of halogens is 1. The molecule has 0 aliphatic heterocycles. The molecule has 1 amide bonds. The molecule has 0 aromatic heterocycles. The van der Waals surface area contributed by atoms with Gasteiger partial charge in [-0.3, -0.25) is 4.79 Å². The van der Waals surface area contributed by atoms with Gasteiger partial charge in [0.25, 0.3) is 5.91 Å². The Morgan fingerprint density at radius 1 is 1.21 bits per heavy atom. The highest BCUT2D eigenvalue weighted by Gasteiger charge is 2.21. The Morgan fingerprint density at radius 2 is 1.79 bits per heavy atom. The molecule has 0 saturated heterocycles. The third-order valence-corrected chi connectivity index (χ3v) is 2.94. The number of nitrogens with one attached hydrogen (secondary N) is 1. The van der Waals surface area contributed by atoms with Gasteiger partial charge in [0.05, 0.1) is 7.11 Å². The van der Waals surface area contributed by atoms with Crippen LogP contribution in [0.25, 0.3) is 0 Å². The molecule has 1 rings (SSSR count). The Labute approximate surface area is 120 Å². The zero-order chi connectivity index (χ0) is 14.4. The second kappa shape index (κ2) is 7.13. The summed E-state index contributed by atoms with van der Waals surface area (Å²) >= 11 is 3.31. The van der Waals surface area contributed by atoms with Crippen molar-refractivity contribution >= 4 is 27.8 Å². The molecule has 0 fully saturated rings. The maximum absolute atomic E-state index is 11.8. The predicted octanol–water partition coefficient (Wildman–Crippen LogP) is 1.89. The zero-order valence-corrected chi connectivity index (χ0v) is 12.6. The topological polar surface area (TPSA) is 64.6 Å². The molecule has 0 aliphatic rings. The first-order chi connectivity index (χ1) is 8.93. The average molecular weight is 330 g/mol. The highest BCUT2D eigenvalue weighted by Crippen LogP contribution is 2.17. The Hall–Kier alpha value is -1.56. The maximum atomic E-state index is 11.8. The van der Waals surface area contributed by atoms with Gasteiger partial charge in [-0.1, -0.05) is 15.9 Å². The van der Waals surface area contributed by atoms with Crippen LogP contribution in [0, 0.1) is 0 Å². The third kappa shape index (κ3) is 4.90. The molecular weight excluding hydrogens is 314 g/mol. The molecule has 0 spiro atoms. The summed E-state index contributed by atoms with van der Waals surface area (Å²) in [7, 11) is 1.27. The molecular formula is C13H16BrNO4. The fourth-order valence-corrected chi connectivity index (χ4v) is 1.60. The lowest BCUT2D eigenvalue weighted by Gasteiger charge is -2.17. The fraction of sp³-hybridized carbons (Fsp3) is 0.385. The van der Waals surface area contributed by atoms with Crippen LogP contribution in [-0.4, -0.2) is 31.1 Å². The summed E-state index contributed by atoms with van der Waals surface area (Å²) in [6, 6.07) is 6.43. The van der Waals surface area contributed by atoms with E-state index in [-0.39, 0.29) is 5.91 Å². The van der Waals surface area contributed by atoms with Crippen molar-refractivity contribution in [3.8, 4) is 5.75 Å². The molecule has 2 unspecified atom stereocenters. The lowest BCUT2D eigenvalue weighted by atomic mass is 10.3. The smallest absolute Gasteiger partial charge is 0.328 e. The zero-order valence-electron chi connectivity index (χ0n) is 11.0. The monoisotopic (exact) mass is 329 g/mol. The molecule has 104 valence electrons. The van der Waals surface area contributed by atoms with Crippen molar-refractivity contribution in [3.05, 3.63) is 28.7 Å². The summed E-state index contributed by atoms with van der Waals surface area (Å²) in [5.41, 5.74) is 0. The van der Waals surface area contributed by atoms with Gasteiger partial charge in [0.2, 0.25) is 0 Å². The molecule has 1 N–H and O–H groups in total. The van der Waals surface area contributed by atoms with Gasteiger partial charge < -0.3 is 14.8 Å². The van der Waals surface area contributed by atoms with E-state index in [1.54, 1.807) is 26.0 Å². The van der Waals surface area contributed by atoms with Gasteiger partial charge >= 0.3 is 5.97 Å². The molecule has 0 bridgehead atoms. The van der Waals surface area contributed by atoms with Crippen LogP contribution in [0.1, 0.15) is 13.8 Å². The van der Waals surface area contributed by atoms with Gasteiger partial charge in [0.15, 0.2) is 6.10 Å². The minimum Gasteiger partial charge on any atom is -0.481 e. The largest absolute Gasteiger partial charge is 0.481 e. The maximum Gasteiger partial charge on any atom is 0.328 e. The van der Waals surface area contributed by atoms with Crippen LogP contribution >= 0.6 is 15.9 Å². The molecule has 0 aliphatic carbocycles. The molecule has 2 atom stereocenters. The molecule has 6 heteroatoms. The van der Waals surface area contributed by atoms with E-state index in [0.717, 1.165) is 4.47 Å². The van der Waals surface area contributed by atoms with Crippen molar-refractivity contribution in [1.82, 2.24) is 5.32 Å². The lowest BCUT2D eigenvalue weighted by molar-refractivity contribution is -0.145. The number of ether oxygens (including phenoxy) is 2. The summed E-state index contributed by atoms with van der Waals surface area (Å²) in [4.78, 5) is 23.0. The Bertz CT molecular complexity index is 446. The van der Waals surface area contributed by atoms with E-state index in [1.165, 1.54) is 7.11 Å². The number of esters is 1. The van der Waals surface area contributed by atoms with E-state index in [4.69, 9.17) is 4.74 Å². The van der Waals surface area contributed by atoms with E-state index in [2.05, 4.69) is 26.0 Å². The Balaban J connectivity index is 2.53. The first-order valence-corrected chi connectivity index (χ1v) is 6.53. The van der Waals surface area contributed by atoms with Crippen LogP contribution in [0.2, 0.25) is 0 Å². The third-order valence-electron chi connectivity index (χ3n) is 2.41. The normalized spacial score (nSPS) is 13.3. The molecule has 0 saturated carbocycles. The number of carbonyl (C=O) groups is 2. The first kappa shape index (κ1) is 15.5. The quantitative estimate of drug-likeness (QED) is 0.838. The van der Waals surface area contributed by atoms with Crippen molar-refractivity contribution in [3.63, 3.8) is 0 Å². The average Bonchev–Trinajstić information content (AvgIpc) is 2.40. The first-order valence-electron chi connectivity index (χ1n) is 5.74. The van der Waals surface area contributed by atoms with Crippen molar-refractivity contribution in [2.45, 2.75) is 26.0 Å². The van der Waals surface area contributed by atoms with Gasteiger partial charge in [0.1, 0.15) is 11.8 Å². The summed E-state index contributed by atoms with van der Waals surface area (Å²) in [5, 5.41) is 2.51. The number of rotatable bonds is 5. The minimum absolute atomic E-state index is 0.374. The number of hydrogen-bond donors (Lipinski definition) is 1. The fourth-order valence-electron chi connectivity index (χ4n) is 1.34. The summed E-state index contributed by atoms with van der Waals surface area (Å²) in [5.74, 6) is -0.290. The van der Waals surface area contributed by atoms with Crippen molar-refractivity contribution in [2.75, 3.05) is 7.11 Å². The van der Waals surface area contributed by atoms with E-state index in [0.29, 0.717) is 5.75 Å². The van der Waals surface area contributed by atoms with Crippen LogP contribution < -0.4 is 10.1 Å². The summed E-state index contributed by atoms with van der Waals surface area (Å²) < 4.78 is 10.9. The Kier molecular flexibility index (Phi) is 5.82. The van der Waals surface area contributed by atoms with Crippen LogP contribution in [0.15, 0.2) is 28.7 Å². The summed E-state index contributed by atoms with van der Waals surface area (Å²) in [6.45, 7) is 3.16. The Morgan fingerprint density at radius 3 is 2.32 bits per heavy atom. The van der Waals surface area contributed by atoms with E-state index in [9.17, 15) is 9.59 Å². The van der Waals surface area contributed by atoms with Crippen molar-refractivity contribution < 1.29 is 19.1 Å². The van der Waals surface area contributed by atoms with Crippen molar-refractivity contribution in [2.24, 2.45) is 0 Å². The number of methoxy groups -OCH3 is 1. The predicted molar refractivity (Wildman–Crippen MR) is 73.9 cm³/mol. The molecule has 0 heterocycles. The van der Waals surface area contributed by atoms with Crippen LogP contribution in [-0.2, 0) is 14.3 Å². The van der Waals surface area contributed by atoms with Gasteiger partial charge in [-0.15, -0.1) is 0 Å². The van der Waals surface area contributed by atoms with Crippen molar-refractivity contribution in [1.29, 1.82) is 0 Å². The minimum atomic E-state index is -0.701. The standard InChI is InChI=1S/C13H16BrNO4/c1-8(13(17)18-3)15-12(16)9(2)19-11-6-4-10(14)5-7-11/h4-9H,1-3H3,(H,15,16). The number of carbonyl (C=O) groups excluding carboxylic acids is 2. The number of benzene rings is 1. The summed E-state index contributed by atoms with van der Waals surface area (Å²) in [6.07, 6.45) is -0.701. The highest BCUT2D eigenvalue weighted by molar-refractivity contribution is 9.10. The SMILES string of the molecule is COC(=O)C(C)NC(=O)C(C)Oc1ccc(Br)cc1. The van der Waals surface area contributed by atoms with Crippen LogP contribution in [0.5, 0.6) is 5.75 Å². The van der Waals surface area contributed by atoms with E-state index >= 15 is 0 Å². The molecule has 1 aromatic rings. The van der Waals surface area contributed by atoms with E-state index < -0.39 is 18.1 Å². The molecule has 0 radical (unpaired) electrons. The molecule has 5 nitrogen and oxygen atoms in total. The number of amides is 1. The van der Waals surface area contributed by atoms with Gasteiger partial charge in [0, 0.05) is 4.47 Å². The van der Waals surface area contributed by atoms with Gasteiger partial charge in [-0.05, 0) is 38.1 Å². The van der Waals surface area contributed by atoms with E-state index in [1.807, 2.05) is 12.1 Å². The van der Waals surface area contributed by atoms with Gasteiger partial charge in [-0.25, -0.2) is 4.79 Å². The highest BCUT2D eigenvalue weighted by atomic mass is 79.9. The second-order valence-corrected chi connectivity index (χ2v) is 4.88. The lowest BCUT2D eigenvalue weighted by Crippen LogP contribution is -2.45. The van der Waals surface area contributed by atoms with Gasteiger partial charge in [-0.2, -0.15) is 0 Å². The van der Waals surface area contributed by atoms with Crippen LogP contribution in [0.3, 0.4) is 0 Å². The molecule has 19 heavy (non-hydrogen) atoms. The van der Waals surface area contributed by atoms with Crippen LogP contribution in [0.4, 0.5) is 0 Å². The number of hydrogen-bond acceptors (Lipinski definition) is 4. The molecule has 1 aromatic carbocycles.